The molecule has 1 unspecified atom stereocenters. The van der Waals surface area contributed by atoms with Crippen LogP contribution in [0.4, 0.5) is 5.95 Å². The summed E-state index contributed by atoms with van der Waals surface area (Å²) < 4.78 is 32.4. The smallest absolute Gasteiger partial charge is 0.328 e. The zero-order valence-electron chi connectivity index (χ0n) is 45.2. The molecule has 1 aliphatic heterocycles. The second-order valence-corrected chi connectivity index (χ2v) is 20.0. The van der Waals surface area contributed by atoms with Gasteiger partial charge in [0.15, 0.2) is 16.6 Å². The van der Waals surface area contributed by atoms with Gasteiger partial charge in [-0.1, -0.05) is 37.3 Å². The molecule has 1 aliphatic rings. The van der Waals surface area contributed by atoms with Crippen molar-refractivity contribution in [2.45, 2.75) is 104 Å². The van der Waals surface area contributed by atoms with Crippen LogP contribution in [0.1, 0.15) is 111 Å². The summed E-state index contributed by atoms with van der Waals surface area (Å²) in [4.78, 5) is 146. The number of amides is 8. The molecule has 7 rings (SSSR count). The molecule has 82 heavy (non-hydrogen) atoms. The van der Waals surface area contributed by atoms with E-state index >= 15 is 0 Å². The normalized spacial score (nSPS) is 14.4. The van der Waals surface area contributed by atoms with Crippen LogP contribution in [0, 0.1) is 13.8 Å². The minimum absolute atomic E-state index is 0.00980. The van der Waals surface area contributed by atoms with Crippen molar-refractivity contribution in [1.82, 2.24) is 39.6 Å². The molecule has 28 nitrogen and oxygen atoms in total. The predicted octanol–water partition coefficient (Wildman–Crippen LogP) is 2.45. The van der Waals surface area contributed by atoms with Crippen molar-refractivity contribution in [3.8, 4) is 11.5 Å². The molecule has 0 spiro atoms. The fraction of sp³-hybridized carbons (Fsp3) is 0.385. The number of imide groups is 1. The Labute approximate surface area is 475 Å². The number of oxazole rings is 2. The molecule has 0 radical (unpaired) electrons. The van der Waals surface area contributed by atoms with E-state index in [9.17, 15) is 53.1 Å². The van der Waals surface area contributed by atoms with E-state index in [4.69, 9.17) is 34.5 Å². The zero-order valence-corrected chi connectivity index (χ0v) is 46.9. The number of anilines is 1. The van der Waals surface area contributed by atoms with Gasteiger partial charge in [0, 0.05) is 57.3 Å². The monoisotopic (exact) mass is 1170 g/mol. The van der Waals surface area contributed by atoms with Crippen LogP contribution in [-0.4, -0.2) is 137 Å². The molecule has 30 heteroatoms. The van der Waals surface area contributed by atoms with Crippen molar-refractivity contribution in [3.63, 3.8) is 0 Å². The van der Waals surface area contributed by atoms with Gasteiger partial charge in [0.2, 0.25) is 52.9 Å². The van der Waals surface area contributed by atoms with Crippen molar-refractivity contribution in [1.29, 1.82) is 0 Å². The highest BCUT2D eigenvalue weighted by Gasteiger charge is 2.38. The van der Waals surface area contributed by atoms with Crippen molar-refractivity contribution in [3.05, 3.63) is 87.0 Å². The number of carboxylic acids is 1. The van der Waals surface area contributed by atoms with Crippen molar-refractivity contribution < 1.29 is 76.1 Å². The van der Waals surface area contributed by atoms with Gasteiger partial charge >= 0.3 is 17.8 Å². The van der Waals surface area contributed by atoms with Crippen LogP contribution in [0.3, 0.4) is 0 Å². The fourth-order valence-electron chi connectivity index (χ4n) is 8.56. The molecule has 3 atom stereocenters. The van der Waals surface area contributed by atoms with Crippen molar-refractivity contribution >= 4 is 110 Å². The van der Waals surface area contributed by atoms with Gasteiger partial charge in [-0.25, -0.2) is 19.7 Å². The third kappa shape index (κ3) is 14.0. The quantitative estimate of drug-likeness (QED) is 0.0135. The molecule has 0 bridgehead atoms. The Morgan fingerprint density at radius 2 is 1.51 bits per heavy atom. The first-order valence-electron chi connectivity index (χ1n) is 25.5. The number of imidazole rings is 1. The lowest BCUT2D eigenvalue weighted by Crippen LogP contribution is -2.53. The van der Waals surface area contributed by atoms with Gasteiger partial charge in [-0.15, -0.1) is 0 Å². The van der Waals surface area contributed by atoms with Crippen LogP contribution < -0.4 is 41.7 Å². The topological polar surface area (TPSA) is 397 Å². The maximum absolute atomic E-state index is 13.9. The average molecular weight is 1170 g/mol. The number of likely N-dealkylation sites (tertiary alicyclic amines) is 1. The van der Waals surface area contributed by atoms with E-state index in [-0.39, 0.29) is 107 Å². The summed E-state index contributed by atoms with van der Waals surface area (Å²) in [5.74, 6) is -7.54. The van der Waals surface area contributed by atoms with Crippen molar-refractivity contribution in [2.24, 2.45) is 16.5 Å². The standard InChI is InChI=1S/C52H58N12O16S2/c1-7-29-42(79-25(4)56-29)47(72)60-51-59-32-18-27(44(53)69)20-34(77-16-11-17-78-50(75)24(3)55-46(71)31(12-13-39(67)68)58-37(65)23-64-38(66)22-35(81)49(64)74)40(32)62(51)14-9-10-15-63-41-33(76-6)19-28(45(54)70)21-36(41)82-52(63)61-48(73)43-30(8-2)57-26(5)80-43/h9-10,18-21,24,31,35,81H,7-8,11-17,22-23H2,1-6H3,(H2,53,69)(H2,54,70)(H,55,71)(H,58,65)(H,67,68)(H,59,60,72)/b10-9+,61-52?/t24-,31-,35?/m0/s1. The van der Waals surface area contributed by atoms with Crippen LogP contribution in [-0.2, 0) is 59.4 Å². The van der Waals surface area contributed by atoms with Crippen LogP contribution in [0.25, 0.3) is 21.3 Å². The Morgan fingerprint density at radius 3 is 2.13 bits per heavy atom. The maximum atomic E-state index is 13.9. The van der Waals surface area contributed by atoms with E-state index in [0.29, 0.717) is 39.3 Å². The number of thiol groups is 1. The third-order valence-electron chi connectivity index (χ3n) is 12.5. The summed E-state index contributed by atoms with van der Waals surface area (Å²) in [5.41, 5.74) is 13.3. The highest BCUT2D eigenvalue weighted by molar-refractivity contribution is 7.81. The first-order valence-corrected chi connectivity index (χ1v) is 26.8. The van der Waals surface area contributed by atoms with Crippen LogP contribution >= 0.6 is 24.0 Å². The highest BCUT2D eigenvalue weighted by Crippen LogP contribution is 2.33. The molecule has 1 saturated heterocycles. The minimum Gasteiger partial charge on any atom is -0.494 e. The highest BCUT2D eigenvalue weighted by atomic mass is 32.1. The van der Waals surface area contributed by atoms with Gasteiger partial charge in [-0.2, -0.15) is 17.6 Å². The number of carboxylic acid groups (broad SMARTS) is 1. The molecule has 5 heterocycles. The zero-order chi connectivity index (χ0) is 59.7. The fourth-order valence-corrected chi connectivity index (χ4v) is 9.96. The number of carbonyl (C=O) groups excluding carboxylic acids is 9. The van der Waals surface area contributed by atoms with E-state index in [1.165, 1.54) is 32.2 Å². The van der Waals surface area contributed by atoms with E-state index in [1.807, 2.05) is 6.92 Å². The molecule has 2 aromatic carbocycles. The lowest BCUT2D eigenvalue weighted by molar-refractivity contribution is -0.148. The maximum Gasteiger partial charge on any atom is 0.328 e. The van der Waals surface area contributed by atoms with E-state index in [2.05, 4.69) is 48.5 Å². The number of ether oxygens (including phenoxy) is 3. The number of nitrogens with zero attached hydrogens (tertiary/aromatic N) is 7. The molecule has 8 amide bonds. The number of aliphatic carboxylic acids is 1. The molecule has 1 fully saturated rings. The number of aromatic nitrogens is 5. The molecule has 4 aromatic heterocycles. The number of thiazole rings is 1. The van der Waals surface area contributed by atoms with Gasteiger partial charge in [0.1, 0.15) is 41.2 Å². The SMILES string of the molecule is CCc1nc(C)oc1C(=O)N=c1sc2cc(C(N)=O)cc(OC)c2n1C/C=C/Cn1c(NC(=O)c2oc(C)nc2CC)nc2cc(C(N)=O)cc(OCCCOC(=O)[C@H](C)NC(=O)[C@H](CCC(=O)O)NC(=O)CN3C(=O)CC(S)C3=O)c21. The molecule has 6 aromatic rings. The lowest BCUT2D eigenvalue weighted by Gasteiger charge is -2.22. The van der Waals surface area contributed by atoms with Gasteiger partial charge in [0.05, 0.1) is 47.2 Å². The number of methoxy groups -OCH3 is 1. The summed E-state index contributed by atoms with van der Waals surface area (Å²) in [6.07, 6.45) is 3.10. The molecular weight excluding hydrogens is 1110 g/mol. The van der Waals surface area contributed by atoms with Gasteiger partial charge in [-0.05, 0) is 50.5 Å². The number of nitrogens with two attached hydrogens (primary N) is 2. The number of hydrogen-bond donors (Lipinski definition) is 7. The summed E-state index contributed by atoms with van der Waals surface area (Å²) in [6.45, 7) is 7.01. The van der Waals surface area contributed by atoms with Crippen LogP contribution in [0.15, 0.2) is 50.2 Å². The Kier molecular flexibility index (Phi) is 19.5. The van der Waals surface area contributed by atoms with Gasteiger partial charge in [-0.3, -0.25) is 53.4 Å². The largest absolute Gasteiger partial charge is 0.494 e. The van der Waals surface area contributed by atoms with Crippen LogP contribution in [0.2, 0.25) is 0 Å². The Morgan fingerprint density at radius 1 is 0.878 bits per heavy atom. The first-order chi connectivity index (χ1) is 39.0. The molecule has 0 aliphatic carbocycles. The minimum atomic E-state index is -1.47. The number of rotatable bonds is 26. The number of nitrogens with one attached hydrogen (secondary N) is 3. The second-order valence-electron chi connectivity index (χ2n) is 18.4. The van der Waals surface area contributed by atoms with Gasteiger partial charge < -0.3 is 59.4 Å². The number of allylic oxidation sites excluding steroid dienone is 2. The Bertz CT molecular complexity index is 3650. The molecule has 434 valence electrons. The lowest BCUT2D eigenvalue weighted by atomic mass is 10.1. The van der Waals surface area contributed by atoms with Crippen LogP contribution in [0.5, 0.6) is 11.5 Å². The Balaban J connectivity index is 1.12. The third-order valence-corrected chi connectivity index (χ3v) is 13.9. The van der Waals surface area contributed by atoms with Crippen molar-refractivity contribution in [2.75, 3.05) is 32.2 Å². The van der Waals surface area contributed by atoms with E-state index < -0.39 is 95.9 Å². The predicted molar refractivity (Wildman–Crippen MR) is 293 cm³/mol. The number of carbonyl (C=O) groups is 10. The van der Waals surface area contributed by atoms with Gasteiger partial charge in [0.25, 0.3) is 5.91 Å². The number of hydrogen-bond acceptors (Lipinski definition) is 20. The summed E-state index contributed by atoms with van der Waals surface area (Å²) in [5, 5.41) is 15.8. The summed E-state index contributed by atoms with van der Waals surface area (Å²) >= 11 is 5.12. The molecule has 8 N–H and O–H groups in total. The molecule has 0 saturated carbocycles. The van der Waals surface area contributed by atoms with E-state index in [0.717, 1.165) is 11.3 Å². The summed E-state index contributed by atoms with van der Waals surface area (Å²) in [7, 11) is 1.41. The molecular formula is C52H58N12O16S2. The second kappa shape index (κ2) is 26.4. The number of fused-ring (bicyclic) bond motifs is 2. The number of benzene rings is 2. The first kappa shape index (κ1) is 60.5. The van der Waals surface area contributed by atoms with E-state index in [1.54, 1.807) is 48.1 Å². The number of aryl methyl sites for hydroxylation is 4. The number of primary amides is 2. The number of esters is 1. The average Bonchev–Trinajstić information content (AvgIpc) is 4.42. The summed E-state index contributed by atoms with van der Waals surface area (Å²) in [6, 6.07) is 3.03. The Hall–Kier alpha value is -9.19.